The topological polar surface area (TPSA) is 53.6 Å². The Morgan fingerprint density at radius 1 is 1.00 bits per heavy atom. The molecule has 0 spiro atoms. The second-order valence-corrected chi connectivity index (χ2v) is 9.30. The molecule has 136 valence electrons. The molecule has 0 aromatic heterocycles. The summed E-state index contributed by atoms with van der Waals surface area (Å²) in [5.74, 6) is 3.70. The number of rotatable bonds is 7. The molecule has 5 aliphatic rings. The number of nitrogens with two attached hydrogens (primary N) is 1. The summed E-state index contributed by atoms with van der Waals surface area (Å²) in [7, 11) is 0. The molecule has 0 unspecified atom stereocenters. The van der Waals surface area contributed by atoms with Crippen molar-refractivity contribution in [2.45, 2.75) is 64.2 Å². The highest BCUT2D eigenvalue weighted by molar-refractivity contribution is 5.77. The number of guanidine groups is 1. The van der Waals surface area contributed by atoms with Crippen LogP contribution >= 0.6 is 0 Å². The van der Waals surface area contributed by atoms with E-state index in [9.17, 15) is 0 Å². The quantitative estimate of drug-likeness (QED) is 0.428. The molecule has 0 aromatic carbocycles. The average molecular weight is 333 g/mol. The molecule has 4 saturated carbocycles. The summed E-state index contributed by atoms with van der Waals surface area (Å²) in [4.78, 5) is 7.35. The van der Waals surface area contributed by atoms with E-state index in [-0.39, 0.29) is 0 Å². The second kappa shape index (κ2) is 7.23. The molecule has 0 atom stereocenters. The van der Waals surface area contributed by atoms with Crippen LogP contribution in [0.25, 0.3) is 0 Å². The molecule has 1 aliphatic heterocycles. The van der Waals surface area contributed by atoms with Crippen LogP contribution in [0.5, 0.6) is 0 Å². The van der Waals surface area contributed by atoms with Crippen LogP contribution in [0.2, 0.25) is 0 Å². The van der Waals surface area contributed by atoms with Crippen LogP contribution in [0, 0.1) is 23.2 Å². The average Bonchev–Trinajstić information content (AvgIpc) is 3.05. The molecule has 24 heavy (non-hydrogen) atoms. The van der Waals surface area contributed by atoms with E-state index in [1.54, 1.807) is 0 Å². The second-order valence-electron chi connectivity index (χ2n) is 9.30. The van der Waals surface area contributed by atoms with Gasteiger partial charge < -0.3 is 16.0 Å². The fourth-order valence-corrected chi connectivity index (χ4v) is 6.48. The lowest BCUT2D eigenvalue weighted by molar-refractivity contribution is -0.0465. The van der Waals surface area contributed by atoms with E-state index in [0.29, 0.717) is 11.4 Å². The molecule has 3 N–H and O–H groups in total. The predicted octanol–water partition coefficient (Wildman–Crippen LogP) is 2.98. The number of nitrogens with zero attached hydrogens (tertiary/aromatic N) is 2. The summed E-state index contributed by atoms with van der Waals surface area (Å²) in [6, 6.07) is 0. The molecule has 0 aromatic rings. The van der Waals surface area contributed by atoms with Crippen molar-refractivity contribution in [1.29, 1.82) is 0 Å². The zero-order valence-electron chi connectivity index (χ0n) is 15.3. The first-order valence-corrected chi connectivity index (χ1v) is 10.5. The molecule has 4 nitrogen and oxygen atoms in total. The van der Waals surface area contributed by atoms with Crippen molar-refractivity contribution in [3.63, 3.8) is 0 Å². The molecule has 4 bridgehead atoms. The molecule has 1 saturated heterocycles. The Morgan fingerprint density at radius 2 is 1.62 bits per heavy atom. The number of hydrogen-bond donors (Lipinski definition) is 2. The van der Waals surface area contributed by atoms with E-state index in [0.717, 1.165) is 30.8 Å². The molecule has 4 aliphatic carbocycles. The first-order chi connectivity index (χ1) is 11.7. The van der Waals surface area contributed by atoms with Crippen LogP contribution in [0.1, 0.15) is 64.2 Å². The van der Waals surface area contributed by atoms with Gasteiger partial charge >= 0.3 is 0 Å². The minimum Gasteiger partial charge on any atom is -0.370 e. The highest BCUT2D eigenvalue weighted by Crippen LogP contribution is 2.60. The third-order valence-corrected chi connectivity index (χ3v) is 7.16. The van der Waals surface area contributed by atoms with Crippen LogP contribution in [0.4, 0.5) is 0 Å². The predicted molar refractivity (Wildman–Crippen MR) is 100 cm³/mol. The number of likely N-dealkylation sites (tertiary alicyclic amines) is 1. The van der Waals surface area contributed by atoms with Gasteiger partial charge in [0.2, 0.25) is 0 Å². The van der Waals surface area contributed by atoms with E-state index in [1.165, 1.54) is 83.8 Å². The summed E-state index contributed by atoms with van der Waals surface area (Å²) in [6.45, 7) is 5.82. The molecule has 0 radical (unpaired) electrons. The Bertz CT molecular complexity index is 417. The van der Waals surface area contributed by atoms with Gasteiger partial charge in [-0.05, 0) is 107 Å². The largest absolute Gasteiger partial charge is 0.370 e. The first kappa shape index (κ1) is 16.7. The maximum Gasteiger partial charge on any atom is 0.188 e. The van der Waals surface area contributed by atoms with E-state index in [1.807, 2.05) is 0 Å². The maximum absolute atomic E-state index is 6.14. The van der Waals surface area contributed by atoms with Crippen molar-refractivity contribution >= 4 is 5.96 Å². The smallest absolute Gasteiger partial charge is 0.188 e. The van der Waals surface area contributed by atoms with E-state index >= 15 is 0 Å². The summed E-state index contributed by atoms with van der Waals surface area (Å²) < 4.78 is 0. The fourth-order valence-electron chi connectivity index (χ4n) is 6.48. The molecule has 0 amide bonds. The molecular formula is C20H36N4. The minimum absolute atomic E-state index is 0.511. The molecule has 5 fully saturated rings. The van der Waals surface area contributed by atoms with Crippen molar-refractivity contribution in [2.75, 3.05) is 32.7 Å². The number of unbranched alkanes of at least 4 members (excludes halogenated alkanes) is 1. The van der Waals surface area contributed by atoms with Gasteiger partial charge in [0.05, 0.1) is 0 Å². The fraction of sp³-hybridized carbons (Fsp3) is 0.950. The van der Waals surface area contributed by atoms with Crippen LogP contribution in [0.3, 0.4) is 0 Å². The van der Waals surface area contributed by atoms with Gasteiger partial charge in [0, 0.05) is 13.1 Å². The van der Waals surface area contributed by atoms with Crippen molar-refractivity contribution in [3.8, 4) is 0 Å². The van der Waals surface area contributed by atoms with Gasteiger partial charge in [0.15, 0.2) is 5.96 Å². The Kier molecular flexibility index (Phi) is 5.03. The number of nitrogens with one attached hydrogen (secondary N) is 1. The van der Waals surface area contributed by atoms with Crippen LogP contribution in [-0.2, 0) is 0 Å². The molecule has 4 heteroatoms. The maximum atomic E-state index is 6.14. The van der Waals surface area contributed by atoms with E-state index < -0.39 is 0 Å². The Balaban J connectivity index is 1.16. The van der Waals surface area contributed by atoms with Crippen molar-refractivity contribution in [1.82, 2.24) is 10.2 Å². The van der Waals surface area contributed by atoms with Gasteiger partial charge in [-0.15, -0.1) is 0 Å². The molecular weight excluding hydrogens is 296 g/mol. The highest BCUT2D eigenvalue weighted by atomic mass is 15.1. The van der Waals surface area contributed by atoms with Crippen molar-refractivity contribution < 1.29 is 0 Å². The van der Waals surface area contributed by atoms with Crippen LogP contribution < -0.4 is 11.1 Å². The van der Waals surface area contributed by atoms with E-state index in [4.69, 9.17) is 10.7 Å². The van der Waals surface area contributed by atoms with Gasteiger partial charge in [0.25, 0.3) is 0 Å². The van der Waals surface area contributed by atoms with Crippen LogP contribution in [-0.4, -0.2) is 43.6 Å². The SMILES string of the molecule is NC(=NCC12CC3CC(CC(C3)C1)C2)NCCCCN1CCCC1. The summed E-state index contributed by atoms with van der Waals surface area (Å²) >= 11 is 0. The Hall–Kier alpha value is -0.770. The van der Waals surface area contributed by atoms with Crippen molar-refractivity contribution in [2.24, 2.45) is 33.9 Å². The zero-order chi connectivity index (χ0) is 16.4. The van der Waals surface area contributed by atoms with Gasteiger partial charge in [0.1, 0.15) is 0 Å². The lowest BCUT2D eigenvalue weighted by Crippen LogP contribution is -2.48. The zero-order valence-corrected chi connectivity index (χ0v) is 15.3. The Morgan fingerprint density at radius 3 is 2.25 bits per heavy atom. The van der Waals surface area contributed by atoms with Crippen LogP contribution in [0.15, 0.2) is 4.99 Å². The van der Waals surface area contributed by atoms with E-state index in [2.05, 4.69) is 10.2 Å². The first-order valence-electron chi connectivity index (χ1n) is 10.5. The van der Waals surface area contributed by atoms with Gasteiger partial charge in [-0.25, -0.2) is 0 Å². The summed E-state index contributed by atoms with van der Waals surface area (Å²) in [5, 5.41) is 3.35. The Labute approximate surface area is 147 Å². The standard InChI is InChI=1S/C20H36N4/c21-19(22-5-1-2-6-24-7-3-4-8-24)23-15-20-12-16-9-17(13-20)11-18(10-16)14-20/h16-18H,1-15H2,(H3,21,22,23). The number of hydrogen-bond acceptors (Lipinski definition) is 2. The lowest BCUT2D eigenvalue weighted by atomic mass is 9.49. The van der Waals surface area contributed by atoms with Gasteiger partial charge in [-0.2, -0.15) is 0 Å². The van der Waals surface area contributed by atoms with Crippen molar-refractivity contribution in [3.05, 3.63) is 0 Å². The molecule has 1 heterocycles. The normalized spacial score (nSPS) is 38.8. The summed E-state index contributed by atoms with van der Waals surface area (Å²) in [6.07, 6.45) is 14.0. The summed E-state index contributed by atoms with van der Waals surface area (Å²) in [5.41, 5.74) is 6.65. The number of aliphatic imine (C=N–C) groups is 1. The monoisotopic (exact) mass is 332 g/mol. The lowest BCUT2D eigenvalue weighted by Gasteiger charge is -2.56. The molecule has 5 rings (SSSR count). The van der Waals surface area contributed by atoms with Gasteiger partial charge in [-0.1, -0.05) is 0 Å². The third kappa shape index (κ3) is 3.89. The minimum atomic E-state index is 0.511. The third-order valence-electron chi connectivity index (χ3n) is 7.16. The van der Waals surface area contributed by atoms with Gasteiger partial charge in [-0.3, -0.25) is 4.99 Å². The highest BCUT2D eigenvalue weighted by Gasteiger charge is 2.50.